The average Bonchev–Trinajstić information content (AvgIpc) is 2.47. The highest BCUT2D eigenvalue weighted by molar-refractivity contribution is 5.94. The number of carbonyl (C=O) groups excluding carboxylic acids is 1. The van der Waals surface area contributed by atoms with Crippen molar-refractivity contribution in [3.8, 4) is 0 Å². The average molecular weight is 263 g/mol. The summed E-state index contributed by atoms with van der Waals surface area (Å²) < 4.78 is 5.08. The Kier molecular flexibility index (Phi) is 4.74. The van der Waals surface area contributed by atoms with Gasteiger partial charge in [-0.3, -0.25) is 0 Å². The Morgan fingerprint density at radius 1 is 1.63 bits per heavy atom. The van der Waals surface area contributed by atoms with Crippen molar-refractivity contribution < 1.29 is 9.53 Å². The Hall–Kier alpha value is -1.62. The quantitative estimate of drug-likeness (QED) is 0.833. The van der Waals surface area contributed by atoms with E-state index in [1.165, 1.54) is 0 Å². The molecule has 1 aromatic heterocycles. The lowest BCUT2D eigenvalue weighted by molar-refractivity contribution is 0.0526. The molecule has 1 atom stereocenters. The number of rotatable bonds is 4. The molecule has 0 spiro atoms. The lowest BCUT2D eigenvalue weighted by Gasteiger charge is -2.33. The molecule has 0 bridgehead atoms. The van der Waals surface area contributed by atoms with Gasteiger partial charge in [0.1, 0.15) is 11.4 Å². The second kappa shape index (κ2) is 6.52. The van der Waals surface area contributed by atoms with Crippen LogP contribution in [0.2, 0.25) is 0 Å². The van der Waals surface area contributed by atoms with Crippen LogP contribution in [0.4, 0.5) is 5.82 Å². The second-order valence-corrected chi connectivity index (χ2v) is 4.71. The maximum atomic E-state index is 11.9. The maximum absolute atomic E-state index is 11.9. The van der Waals surface area contributed by atoms with Crippen LogP contribution >= 0.6 is 0 Å². The first-order valence-electron chi connectivity index (χ1n) is 6.79. The van der Waals surface area contributed by atoms with Gasteiger partial charge < -0.3 is 15.0 Å². The Morgan fingerprint density at radius 2 is 2.47 bits per heavy atom. The summed E-state index contributed by atoms with van der Waals surface area (Å²) in [6.45, 7) is 4.18. The number of hydrogen-bond donors (Lipinski definition) is 1. The number of aromatic nitrogens is 1. The predicted octanol–water partition coefficient (Wildman–Crippen LogP) is 1.45. The summed E-state index contributed by atoms with van der Waals surface area (Å²) in [6.07, 6.45) is 3.98. The zero-order valence-electron chi connectivity index (χ0n) is 11.6. The molecule has 2 rings (SSSR count). The van der Waals surface area contributed by atoms with E-state index in [0.29, 0.717) is 24.0 Å². The standard InChI is InChI=1S/C14H21N3O2/c1-3-19-14(18)12-7-5-9-16-13(12)17(2)11-6-4-8-15-10-11/h5,7,9,11,15H,3-4,6,8,10H2,1-2H3. The first-order chi connectivity index (χ1) is 9.24. The number of anilines is 1. The van der Waals surface area contributed by atoms with Crippen LogP contribution in [0.3, 0.4) is 0 Å². The Morgan fingerprint density at radius 3 is 3.16 bits per heavy atom. The molecular formula is C14H21N3O2. The number of piperidine rings is 1. The number of hydrogen-bond acceptors (Lipinski definition) is 5. The number of likely N-dealkylation sites (N-methyl/N-ethyl adjacent to an activating group) is 1. The van der Waals surface area contributed by atoms with Gasteiger partial charge >= 0.3 is 5.97 Å². The molecule has 0 amide bonds. The molecule has 1 aliphatic rings. The number of carbonyl (C=O) groups is 1. The summed E-state index contributed by atoms with van der Waals surface area (Å²) in [6, 6.07) is 3.91. The van der Waals surface area contributed by atoms with Crippen molar-refractivity contribution in [1.82, 2.24) is 10.3 Å². The van der Waals surface area contributed by atoms with Gasteiger partial charge in [-0.1, -0.05) is 0 Å². The third kappa shape index (κ3) is 3.23. The molecule has 1 unspecified atom stereocenters. The zero-order valence-corrected chi connectivity index (χ0v) is 11.6. The summed E-state index contributed by atoms with van der Waals surface area (Å²) >= 11 is 0. The minimum Gasteiger partial charge on any atom is -0.462 e. The van der Waals surface area contributed by atoms with Gasteiger partial charge in [0, 0.05) is 25.8 Å². The van der Waals surface area contributed by atoms with Crippen molar-refractivity contribution >= 4 is 11.8 Å². The Bertz CT molecular complexity index is 430. The number of ether oxygens (including phenoxy) is 1. The lowest BCUT2D eigenvalue weighted by Crippen LogP contribution is -2.45. The summed E-state index contributed by atoms with van der Waals surface area (Å²) in [5.74, 6) is 0.399. The molecule has 0 saturated carbocycles. The molecule has 5 heteroatoms. The van der Waals surface area contributed by atoms with Crippen molar-refractivity contribution in [2.75, 3.05) is 31.6 Å². The van der Waals surface area contributed by atoms with Gasteiger partial charge in [-0.15, -0.1) is 0 Å². The lowest BCUT2D eigenvalue weighted by atomic mass is 10.1. The molecule has 2 heterocycles. The third-order valence-electron chi connectivity index (χ3n) is 3.43. The molecule has 1 N–H and O–H groups in total. The molecule has 1 aromatic rings. The van der Waals surface area contributed by atoms with Crippen molar-refractivity contribution in [3.63, 3.8) is 0 Å². The fraction of sp³-hybridized carbons (Fsp3) is 0.571. The van der Waals surface area contributed by atoms with E-state index in [4.69, 9.17) is 4.74 Å². The zero-order chi connectivity index (χ0) is 13.7. The Labute approximate surface area is 114 Å². The normalized spacial score (nSPS) is 18.9. The fourth-order valence-electron chi connectivity index (χ4n) is 2.38. The van der Waals surface area contributed by atoms with Gasteiger partial charge in [-0.05, 0) is 38.4 Å². The smallest absolute Gasteiger partial charge is 0.341 e. The highest BCUT2D eigenvalue weighted by Crippen LogP contribution is 2.21. The van der Waals surface area contributed by atoms with Gasteiger partial charge in [-0.25, -0.2) is 9.78 Å². The molecule has 0 aromatic carbocycles. The highest BCUT2D eigenvalue weighted by atomic mass is 16.5. The monoisotopic (exact) mass is 263 g/mol. The molecule has 104 valence electrons. The first-order valence-corrected chi connectivity index (χ1v) is 6.79. The predicted molar refractivity (Wildman–Crippen MR) is 74.5 cm³/mol. The minimum atomic E-state index is -0.304. The van der Waals surface area contributed by atoms with Gasteiger partial charge in [0.05, 0.1) is 6.61 Å². The summed E-state index contributed by atoms with van der Waals surface area (Å²) in [5.41, 5.74) is 0.539. The first kappa shape index (κ1) is 13.8. The van der Waals surface area contributed by atoms with Crippen LogP contribution in [0.5, 0.6) is 0 Å². The van der Waals surface area contributed by atoms with Crippen molar-refractivity contribution in [2.45, 2.75) is 25.8 Å². The summed E-state index contributed by atoms with van der Waals surface area (Å²) in [7, 11) is 1.99. The van der Waals surface area contributed by atoms with E-state index < -0.39 is 0 Å². The van der Waals surface area contributed by atoms with Crippen molar-refractivity contribution in [2.24, 2.45) is 0 Å². The molecule has 5 nitrogen and oxygen atoms in total. The van der Waals surface area contributed by atoms with Crippen LogP contribution in [-0.2, 0) is 4.74 Å². The van der Waals surface area contributed by atoms with Crippen molar-refractivity contribution in [1.29, 1.82) is 0 Å². The summed E-state index contributed by atoms with van der Waals surface area (Å²) in [5, 5.41) is 3.37. The largest absolute Gasteiger partial charge is 0.462 e. The SMILES string of the molecule is CCOC(=O)c1cccnc1N(C)C1CCCNC1. The van der Waals surface area contributed by atoms with E-state index in [2.05, 4.69) is 15.2 Å². The van der Waals surface area contributed by atoms with Crippen LogP contribution in [0.1, 0.15) is 30.1 Å². The van der Waals surface area contributed by atoms with Gasteiger partial charge in [0.25, 0.3) is 0 Å². The number of pyridine rings is 1. The van der Waals surface area contributed by atoms with Gasteiger partial charge in [0.15, 0.2) is 0 Å². The summed E-state index contributed by atoms with van der Waals surface area (Å²) in [4.78, 5) is 18.4. The molecule has 19 heavy (non-hydrogen) atoms. The van der Waals surface area contributed by atoms with E-state index in [-0.39, 0.29) is 5.97 Å². The number of esters is 1. The van der Waals surface area contributed by atoms with Crippen LogP contribution in [-0.4, -0.2) is 43.7 Å². The van der Waals surface area contributed by atoms with E-state index in [1.54, 1.807) is 18.3 Å². The molecule has 1 aliphatic heterocycles. The third-order valence-corrected chi connectivity index (χ3v) is 3.43. The molecule has 1 saturated heterocycles. The fourth-order valence-corrected chi connectivity index (χ4v) is 2.38. The van der Waals surface area contributed by atoms with Crippen LogP contribution in [0, 0.1) is 0 Å². The maximum Gasteiger partial charge on any atom is 0.341 e. The van der Waals surface area contributed by atoms with E-state index in [9.17, 15) is 4.79 Å². The van der Waals surface area contributed by atoms with Crippen LogP contribution < -0.4 is 10.2 Å². The number of nitrogens with one attached hydrogen (secondary N) is 1. The van der Waals surface area contributed by atoms with Crippen LogP contribution in [0.15, 0.2) is 18.3 Å². The van der Waals surface area contributed by atoms with Crippen LogP contribution in [0.25, 0.3) is 0 Å². The molecular weight excluding hydrogens is 242 g/mol. The Balaban J connectivity index is 2.20. The minimum absolute atomic E-state index is 0.304. The van der Waals surface area contributed by atoms with E-state index in [1.807, 2.05) is 14.0 Å². The second-order valence-electron chi connectivity index (χ2n) is 4.71. The molecule has 1 fully saturated rings. The molecule has 0 radical (unpaired) electrons. The van der Waals surface area contributed by atoms with Gasteiger partial charge in [0.2, 0.25) is 0 Å². The van der Waals surface area contributed by atoms with Gasteiger partial charge in [-0.2, -0.15) is 0 Å². The highest BCUT2D eigenvalue weighted by Gasteiger charge is 2.23. The van der Waals surface area contributed by atoms with Crippen molar-refractivity contribution in [3.05, 3.63) is 23.9 Å². The van der Waals surface area contributed by atoms with E-state index >= 15 is 0 Å². The molecule has 0 aliphatic carbocycles. The number of nitrogens with zero attached hydrogens (tertiary/aromatic N) is 2. The van der Waals surface area contributed by atoms with E-state index in [0.717, 1.165) is 25.9 Å². The topological polar surface area (TPSA) is 54.5 Å².